The number of benzene rings is 1. The number of aliphatic hydroxyl groups is 1. The molecule has 1 amide bonds. The van der Waals surface area contributed by atoms with Crippen LogP contribution in [0.1, 0.15) is 35.9 Å². The Labute approximate surface area is 157 Å². The number of rotatable bonds is 6. The fourth-order valence-corrected chi connectivity index (χ4v) is 3.34. The third-order valence-electron chi connectivity index (χ3n) is 4.81. The Hall–Kier alpha value is -3.00. The van der Waals surface area contributed by atoms with E-state index in [1.54, 1.807) is 11.0 Å². The molecule has 0 radical (unpaired) electrons. The van der Waals surface area contributed by atoms with Crippen LogP contribution in [0, 0.1) is 0 Å². The SMILES string of the molecule is O=C(CCCn1cncn1)N1CCn2nc([C@H](O)c3ccccc3)cc2C1. The van der Waals surface area contributed by atoms with Crippen molar-refractivity contribution >= 4 is 5.91 Å². The summed E-state index contributed by atoms with van der Waals surface area (Å²) in [6, 6.07) is 11.4. The first-order valence-corrected chi connectivity index (χ1v) is 9.10. The molecule has 4 rings (SSSR count). The predicted octanol–water partition coefficient (Wildman–Crippen LogP) is 1.38. The Balaban J connectivity index is 1.36. The van der Waals surface area contributed by atoms with Gasteiger partial charge in [0, 0.05) is 19.5 Å². The number of hydrogen-bond donors (Lipinski definition) is 1. The molecule has 1 aliphatic rings. The van der Waals surface area contributed by atoms with E-state index in [4.69, 9.17) is 0 Å². The second-order valence-electron chi connectivity index (χ2n) is 6.67. The van der Waals surface area contributed by atoms with Crippen LogP contribution in [0.25, 0.3) is 0 Å². The number of hydrogen-bond acceptors (Lipinski definition) is 5. The Morgan fingerprint density at radius 3 is 2.85 bits per heavy atom. The van der Waals surface area contributed by atoms with Gasteiger partial charge in [-0.15, -0.1) is 0 Å². The minimum Gasteiger partial charge on any atom is -0.382 e. The second-order valence-corrected chi connectivity index (χ2v) is 6.67. The Morgan fingerprint density at radius 2 is 2.07 bits per heavy atom. The van der Waals surface area contributed by atoms with Crippen LogP contribution in [0.3, 0.4) is 0 Å². The molecule has 0 saturated heterocycles. The fourth-order valence-electron chi connectivity index (χ4n) is 3.34. The van der Waals surface area contributed by atoms with Crippen LogP contribution < -0.4 is 0 Å². The van der Waals surface area contributed by atoms with Crippen molar-refractivity contribution in [2.45, 2.75) is 38.6 Å². The molecule has 140 valence electrons. The summed E-state index contributed by atoms with van der Waals surface area (Å²) in [4.78, 5) is 18.3. The highest BCUT2D eigenvalue weighted by atomic mass is 16.3. The van der Waals surface area contributed by atoms with Crippen molar-refractivity contribution in [2.75, 3.05) is 6.54 Å². The molecule has 1 aliphatic heterocycles. The molecule has 27 heavy (non-hydrogen) atoms. The van der Waals surface area contributed by atoms with Gasteiger partial charge in [-0.05, 0) is 18.1 Å². The summed E-state index contributed by atoms with van der Waals surface area (Å²) in [6.07, 6.45) is 3.61. The molecular formula is C19H22N6O2. The summed E-state index contributed by atoms with van der Waals surface area (Å²) < 4.78 is 3.62. The zero-order chi connectivity index (χ0) is 18.6. The van der Waals surface area contributed by atoms with E-state index in [9.17, 15) is 9.90 Å². The maximum atomic E-state index is 12.5. The van der Waals surface area contributed by atoms with Crippen molar-refractivity contribution in [3.05, 3.63) is 66.0 Å². The summed E-state index contributed by atoms with van der Waals surface area (Å²) in [5, 5.41) is 19.1. The minimum absolute atomic E-state index is 0.132. The first-order valence-electron chi connectivity index (χ1n) is 9.10. The van der Waals surface area contributed by atoms with Gasteiger partial charge >= 0.3 is 0 Å². The molecule has 0 saturated carbocycles. The highest BCUT2D eigenvalue weighted by molar-refractivity contribution is 5.76. The van der Waals surface area contributed by atoms with Crippen LogP contribution in [-0.4, -0.2) is 47.0 Å². The van der Waals surface area contributed by atoms with E-state index in [-0.39, 0.29) is 5.91 Å². The fraction of sp³-hybridized carbons (Fsp3) is 0.368. The van der Waals surface area contributed by atoms with E-state index < -0.39 is 6.10 Å². The summed E-state index contributed by atoms with van der Waals surface area (Å²) in [7, 11) is 0. The van der Waals surface area contributed by atoms with Crippen molar-refractivity contribution in [2.24, 2.45) is 0 Å². The van der Waals surface area contributed by atoms with Gasteiger partial charge in [0.05, 0.1) is 24.5 Å². The molecule has 1 aromatic carbocycles. The van der Waals surface area contributed by atoms with Crippen LogP contribution in [0.2, 0.25) is 0 Å². The molecule has 1 atom stereocenters. The van der Waals surface area contributed by atoms with Crippen molar-refractivity contribution in [3.63, 3.8) is 0 Å². The van der Waals surface area contributed by atoms with Crippen LogP contribution in [-0.2, 0) is 24.4 Å². The van der Waals surface area contributed by atoms with E-state index in [0.29, 0.717) is 38.3 Å². The van der Waals surface area contributed by atoms with Gasteiger partial charge < -0.3 is 10.0 Å². The molecule has 2 aromatic heterocycles. The summed E-state index contributed by atoms with van der Waals surface area (Å²) in [6.45, 7) is 2.49. The lowest BCUT2D eigenvalue weighted by Crippen LogP contribution is -2.38. The maximum absolute atomic E-state index is 12.5. The predicted molar refractivity (Wildman–Crippen MR) is 97.4 cm³/mol. The van der Waals surface area contributed by atoms with Crippen LogP contribution in [0.5, 0.6) is 0 Å². The molecule has 8 nitrogen and oxygen atoms in total. The topological polar surface area (TPSA) is 89.1 Å². The van der Waals surface area contributed by atoms with Crippen LogP contribution in [0.15, 0.2) is 49.1 Å². The van der Waals surface area contributed by atoms with Gasteiger partial charge in [-0.3, -0.25) is 14.2 Å². The number of aliphatic hydroxyl groups excluding tert-OH is 1. The number of carbonyl (C=O) groups excluding carboxylic acids is 1. The van der Waals surface area contributed by atoms with E-state index in [2.05, 4.69) is 15.2 Å². The number of carbonyl (C=O) groups is 1. The number of fused-ring (bicyclic) bond motifs is 1. The third-order valence-corrected chi connectivity index (χ3v) is 4.81. The molecule has 3 heterocycles. The monoisotopic (exact) mass is 366 g/mol. The van der Waals surface area contributed by atoms with Gasteiger partial charge in [-0.1, -0.05) is 30.3 Å². The van der Waals surface area contributed by atoms with Gasteiger partial charge in [0.25, 0.3) is 0 Å². The molecule has 3 aromatic rings. The van der Waals surface area contributed by atoms with E-state index in [0.717, 1.165) is 17.7 Å². The van der Waals surface area contributed by atoms with Crippen LogP contribution >= 0.6 is 0 Å². The lowest BCUT2D eigenvalue weighted by atomic mass is 10.1. The zero-order valence-electron chi connectivity index (χ0n) is 15.0. The van der Waals surface area contributed by atoms with Gasteiger partial charge in [0.15, 0.2) is 0 Å². The molecule has 0 unspecified atom stereocenters. The average Bonchev–Trinajstić information content (AvgIpc) is 3.37. The lowest BCUT2D eigenvalue weighted by molar-refractivity contribution is -0.132. The van der Waals surface area contributed by atoms with Crippen LogP contribution in [0.4, 0.5) is 0 Å². The molecular weight excluding hydrogens is 344 g/mol. The first kappa shape index (κ1) is 17.4. The van der Waals surface area contributed by atoms with Gasteiger partial charge in [0.2, 0.25) is 5.91 Å². The second kappa shape index (κ2) is 7.71. The number of nitrogens with zero attached hydrogens (tertiary/aromatic N) is 6. The normalized spacial score (nSPS) is 14.8. The molecule has 8 heteroatoms. The standard InChI is InChI=1S/C19H22N6O2/c26-18(7-4-8-24-14-20-13-21-24)23-9-10-25-16(12-23)11-17(22-25)19(27)15-5-2-1-3-6-15/h1-3,5-6,11,13-14,19,27H,4,7-10,12H2/t19-/m1/s1. The number of aryl methyl sites for hydroxylation is 1. The highest BCUT2D eigenvalue weighted by Crippen LogP contribution is 2.23. The average molecular weight is 366 g/mol. The van der Waals surface area contributed by atoms with Crippen molar-refractivity contribution < 1.29 is 9.90 Å². The van der Waals surface area contributed by atoms with E-state index in [1.165, 1.54) is 6.33 Å². The zero-order valence-corrected chi connectivity index (χ0v) is 15.0. The summed E-state index contributed by atoms with van der Waals surface area (Å²) >= 11 is 0. The third kappa shape index (κ3) is 3.90. The maximum Gasteiger partial charge on any atom is 0.223 e. The van der Waals surface area contributed by atoms with Gasteiger partial charge in [-0.2, -0.15) is 10.2 Å². The van der Waals surface area contributed by atoms with Gasteiger partial charge in [-0.25, -0.2) is 4.98 Å². The summed E-state index contributed by atoms with van der Waals surface area (Å²) in [5.41, 5.74) is 2.39. The molecule has 1 N–H and O–H groups in total. The van der Waals surface area contributed by atoms with Crippen molar-refractivity contribution in [1.82, 2.24) is 29.4 Å². The Bertz CT molecular complexity index is 890. The number of aromatic nitrogens is 5. The van der Waals surface area contributed by atoms with E-state index in [1.807, 2.05) is 46.0 Å². The minimum atomic E-state index is -0.754. The molecule has 0 fully saturated rings. The number of amides is 1. The van der Waals surface area contributed by atoms with Crippen molar-refractivity contribution in [1.29, 1.82) is 0 Å². The quantitative estimate of drug-likeness (QED) is 0.712. The molecule has 0 aliphatic carbocycles. The molecule has 0 bridgehead atoms. The van der Waals surface area contributed by atoms with Crippen molar-refractivity contribution in [3.8, 4) is 0 Å². The lowest BCUT2D eigenvalue weighted by Gasteiger charge is -2.27. The largest absolute Gasteiger partial charge is 0.382 e. The summed E-state index contributed by atoms with van der Waals surface area (Å²) in [5.74, 6) is 0.132. The first-order chi connectivity index (χ1) is 13.2. The smallest absolute Gasteiger partial charge is 0.223 e. The highest BCUT2D eigenvalue weighted by Gasteiger charge is 2.24. The van der Waals surface area contributed by atoms with Gasteiger partial charge in [0.1, 0.15) is 18.8 Å². The Morgan fingerprint density at radius 1 is 1.22 bits per heavy atom. The Kier molecular flexibility index (Phi) is 4.97. The van der Waals surface area contributed by atoms with E-state index >= 15 is 0 Å². The molecule has 0 spiro atoms.